The third kappa shape index (κ3) is 6.62. The molecule has 0 spiro atoms. The number of carbonyl (C=O) groups is 2. The molecule has 1 unspecified atom stereocenters. The summed E-state index contributed by atoms with van der Waals surface area (Å²) in [5.74, 6) is -0.542. The topological polar surface area (TPSA) is 96.0 Å². The van der Waals surface area contributed by atoms with E-state index < -0.39 is 29.9 Å². The quantitative estimate of drug-likeness (QED) is 0.701. The fourth-order valence-corrected chi connectivity index (χ4v) is 2.88. The van der Waals surface area contributed by atoms with Gasteiger partial charge in [-0.15, -0.1) is 10.2 Å². The Bertz CT molecular complexity index is 508. The third-order valence-electron chi connectivity index (χ3n) is 1.96. The Morgan fingerprint density at radius 3 is 2.62 bits per heavy atom. The van der Waals surface area contributed by atoms with E-state index in [0.29, 0.717) is 4.34 Å². The fourth-order valence-electron chi connectivity index (χ4n) is 0.985. The molecular formula is C9H12F3N5O2S2. The average Bonchev–Trinajstić information content (AvgIpc) is 2.83. The number of thioether (sulfide) groups is 1. The number of rotatable bonds is 5. The number of alkyl halides is 3. The van der Waals surface area contributed by atoms with Crippen molar-refractivity contribution in [2.45, 2.75) is 22.7 Å². The van der Waals surface area contributed by atoms with Crippen molar-refractivity contribution < 1.29 is 22.8 Å². The lowest BCUT2D eigenvalue weighted by atomic mass is 10.4. The molecule has 7 nitrogen and oxygen atoms in total. The summed E-state index contributed by atoms with van der Waals surface area (Å²) in [7, 11) is 1.36. The molecule has 118 valence electrons. The van der Waals surface area contributed by atoms with Crippen LogP contribution in [0.2, 0.25) is 0 Å². The van der Waals surface area contributed by atoms with E-state index in [9.17, 15) is 22.8 Å². The lowest BCUT2D eigenvalue weighted by molar-refractivity contribution is -0.119. The molecule has 12 heteroatoms. The highest BCUT2D eigenvalue weighted by Crippen LogP contribution is 2.29. The number of aromatic nitrogens is 2. The maximum atomic E-state index is 12.0. The fraction of sp³-hybridized carbons (Fsp3) is 0.556. The summed E-state index contributed by atoms with van der Waals surface area (Å²) in [5, 5.41) is 13.0. The summed E-state index contributed by atoms with van der Waals surface area (Å²) in [5.41, 5.74) is 0. The van der Waals surface area contributed by atoms with Gasteiger partial charge in [-0.1, -0.05) is 23.1 Å². The molecule has 0 aromatic carbocycles. The molecule has 21 heavy (non-hydrogen) atoms. The van der Waals surface area contributed by atoms with E-state index in [4.69, 9.17) is 0 Å². The molecule has 0 aliphatic rings. The molecule has 0 fully saturated rings. The number of halogens is 3. The van der Waals surface area contributed by atoms with Gasteiger partial charge in [-0.2, -0.15) is 13.2 Å². The van der Waals surface area contributed by atoms with Gasteiger partial charge in [-0.25, -0.2) is 4.79 Å². The SMILES string of the molecule is CNC(=O)NC(=O)C(C)Sc1nnc(NCC(F)(F)F)s1. The molecule has 1 atom stereocenters. The second-order valence-electron chi connectivity index (χ2n) is 3.67. The van der Waals surface area contributed by atoms with Crippen LogP contribution in [0.25, 0.3) is 0 Å². The van der Waals surface area contributed by atoms with Gasteiger partial charge in [0.2, 0.25) is 11.0 Å². The first-order chi connectivity index (χ1) is 9.71. The Labute approximate surface area is 126 Å². The molecule has 0 aliphatic carbocycles. The first-order valence-electron chi connectivity index (χ1n) is 5.54. The first kappa shape index (κ1) is 17.5. The van der Waals surface area contributed by atoms with E-state index in [2.05, 4.69) is 26.1 Å². The van der Waals surface area contributed by atoms with Gasteiger partial charge >= 0.3 is 12.2 Å². The summed E-state index contributed by atoms with van der Waals surface area (Å²) in [6.07, 6.45) is -4.35. The molecule has 1 rings (SSSR count). The summed E-state index contributed by atoms with van der Waals surface area (Å²) >= 11 is 1.88. The number of anilines is 1. The van der Waals surface area contributed by atoms with Crippen molar-refractivity contribution in [2.75, 3.05) is 18.9 Å². The van der Waals surface area contributed by atoms with Crippen LogP contribution in [-0.4, -0.2) is 47.2 Å². The predicted octanol–water partition coefficient (Wildman–Crippen LogP) is 1.45. The lowest BCUT2D eigenvalue weighted by Gasteiger charge is -2.08. The predicted molar refractivity (Wildman–Crippen MR) is 72.4 cm³/mol. The summed E-state index contributed by atoms with van der Waals surface area (Å²) in [4.78, 5) is 22.5. The van der Waals surface area contributed by atoms with Crippen molar-refractivity contribution in [1.82, 2.24) is 20.8 Å². The Morgan fingerprint density at radius 2 is 2.05 bits per heavy atom. The maximum Gasteiger partial charge on any atom is 0.405 e. The molecule has 0 aliphatic heterocycles. The van der Waals surface area contributed by atoms with Gasteiger partial charge < -0.3 is 10.6 Å². The number of imide groups is 1. The molecule has 0 saturated carbocycles. The smallest absolute Gasteiger partial charge is 0.351 e. The van der Waals surface area contributed by atoms with Crippen molar-refractivity contribution in [1.29, 1.82) is 0 Å². The second kappa shape index (κ2) is 7.45. The van der Waals surface area contributed by atoms with E-state index in [1.807, 2.05) is 0 Å². The van der Waals surface area contributed by atoms with Gasteiger partial charge in [0, 0.05) is 7.05 Å². The standard InChI is InChI=1S/C9H12F3N5O2S2/c1-4(5(18)15-6(19)13-2)20-8-17-16-7(21-8)14-3-9(10,11)12/h4H,3H2,1-2H3,(H,14,16)(H2,13,15,18,19). The molecule has 0 bridgehead atoms. The van der Waals surface area contributed by atoms with Gasteiger partial charge in [-0.05, 0) is 6.92 Å². The highest BCUT2D eigenvalue weighted by atomic mass is 32.2. The number of urea groups is 1. The van der Waals surface area contributed by atoms with E-state index in [-0.39, 0.29) is 5.13 Å². The highest BCUT2D eigenvalue weighted by molar-refractivity contribution is 8.02. The zero-order valence-electron chi connectivity index (χ0n) is 10.9. The Kier molecular flexibility index (Phi) is 6.20. The van der Waals surface area contributed by atoms with E-state index >= 15 is 0 Å². The van der Waals surface area contributed by atoms with Gasteiger partial charge in [0.25, 0.3) is 0 Å². The highest BCUT2D eigenvalue weighted by Gasteiger charge is 2.27. The van der Waals surface area contributed by atoms with Crippen molar-refractivity contribution >= 4 is 40.2 Å². The Morgan fingerprint density at radius 1 is 1.38 bits per heavy atom. The Hall–Kier alpha value is -1.56. The van der Waals surface area contributed by atoms with Crippen LogP contribution in [0, 0.1) is 0 Å². The zero-order valence-corrected chi connectivity index (χ0v) is 12.6. The van der Waals surface area contributed by atoms with Crippen molar-refractivity contribution in [3.63, 3.8) is 0 Å². The number of carbonyl (C=O) groups excluding carboxylic acids is 2. The van der Waals surface area contributed by atoms with E-state index in [1.165, 1.54) is 14.0 Å². The van der Waals surface area contributed by atoms with Crippen molar-refractivity contribution in [2.24, 2.45) is 0 Å². The van der Waals surface area contributed by atoms with Gasteiger partial charge in [0.05, 0.1) is 5.25 Å². The summed E-state index contributed by atoms with van der Waals surface area (Å²) < 4.78 is 36.4. The van der Waals surface area contributed by atoms with Crippen LogP contribution in [0.15, 0.2) is 4.34 Å². The summed E-state index contributed by atoms with van der Waals surface area (Å²) in [6.45, 7) is 0.326. The van der Waals surface area contributed by atoms with Gasteiger partial charge in [-0.3, -0.25) is 10.1 Å². The molecule has 1 heterocycles. The number of nitrogens with zero attached hydrogens (tertiary/aromatic N) is 2. The minimum atomic E-state index is -4.35. The third-order valence-corrected chi connectivity index (χ3v) is 4.02. The lowest BCUT2D eigenvalue weighted by Crippen LogP contribution is -2.41. The van der Waals surface area contributed by atoms with Gasteiger partial charge in [0.1, 0.15) is 6.54 Å². The van der Waals surface area contributed by atoms with Crippen LogP contribution in [-0.2, 0) is 4.79 Å². The molecule has 1 aromatic heterocycles. The first-order valence-corrected chi connectivity index (χ1v) is 7.24. The van der Waals surface area contributed by atoms with E-state index in [1.54, 1.807) is 0 Å². The second-order valence-corrected chi connectivity index (χ2v) is 6.24. The average molecular weight is 343 g/mol. The van der Waals surface area contributed by atoms with Gasteiger partial charge in [0.15, 0.2) is 4.34 Å². The Balaban J connectivity index is 2.50. The maximum absolute atomic E-state index is 12.0. The molecule has 0 radical (unpaired) electrons. The van der Waals surface area contributed by atoms with E-state index in [0.717, 1.165) is 23.1 Å². The zero-order chi connectivity index (χ0) is 16.0. The van der Waals surface area contributed by atoms with Crippen LogP contribution in [0.3, 0.4) is 0 Å². The van der Waals surface area contributed by atoms with Crippen molar-refractivity contribution in [3.05, 3.63) is 0 Å². The van der Waals surface area contributed by atoms with Crippen LogP contribution in [0.1, 0.15) is 6.92 Å². The number of hydrogen-bond donors (Lipinski definition) is 3. The monoisotopic (exact) mass is 343 g/mol. The molecule has 3 amide bonds. The normalized spacial score (nSPS) is 12.6. The van der Waals surface area contributed by atoms with Crippen LogP contribution in [0.4, 0.5) is 23.1 Å². The van der Waals surface area contributed by atoms with Crippen molar-refractivity contribution in [3.8, 4) is 0 Å². The minimum absolute atomic E-state index is 0.00809. The molecule has 3 N–H and O–H groups in total. The summed E-state index contributed by atoms with van der Waals surface area (Å²) in [6, 6.07) is -0.641. The number of nitrogens with one attached hydrogen (secondary N) is 3. The number of hydrogen-bond acceptors (Lipinski definition) is 7. The largest absolute Gasteiger partial charge is 0.405 e. The molecule has 0 saturated heterocycles. The van der Waals surface area contributed by atoms with Crippen LogP contribution >= 0.6 is 23.1 Å². The number of amides is 3. The molecular weight excluding hydrogens is 331 g/mol. The minimum Gasteiger partial charge on any atom is -0.351 e. The van der Waals surface area contributed by atoms with Crippen LogP contribution in [0.5, 0.6) is 0 Å². The molecule has 1 aromatic rings. The van der Waals surface area contributed by atoms with Crippen LogP contribution < -0.4 is 16.0 Å².